The molecule has 2 atom stereocenters. The highest BCUT2D eigenvalue weighted by Gasteiger charge is 2.22. The van der Waals surface area contributed by atoms with Gasteiger partial charge in [-0.3, -0.25) is 9.59 Å². The van der Waals surface area contributed by atoms with Crippen molar-refractivity contribution < 1.29 is 42.9 Å². The molecular weight excluding hydrogens is 983 g/mol. The predicted octanol–water partition coefficient (Wildman–Crippen LogP) is 19.9. The number of hydrogen-bond donors (Lipinski definition) is 0. The number of esters is 2. The summed E-state index contributed by atoms with van der Waals surface area (Å²) in [5, 5.41) is 11.8. The second kappa shape index (κ2) is 62.1. The molecular formula is C70H135NO8. The smallest absolute Gasteiger partial charge is 0.306 e. The van der Waals surface area contributed by atoms with E-state index >= 15 is 0 Å². The van der Waals surface area contributed by atoms with Gasteiger partial charge in [0, 0.05) is 12.8 Å². The van der Waals surface area contributed by atoms with Crippen molar-refractivity contribution in [2.75, 3.05) is 47.5 Å². The summed E-state index contributed by atoms with van der Waals surface area (Å²) in [7, 11) is 5.95. The molecule has 0 fully saturated rings. The maximum Gasteiger partial charge on any atom is 0.306 e. The van der Waals surface area contributed by atoms with Gasteiger partial charge in [0.25, 0.3) is 0 Å². The number of carboxylic acids is 1. The Kier molecular flexibility index (Phi) is 60.5. The van der Waals surface area contributed by atoms with Gasteiger partial charge in [-0.2, -0.15) is 0 Å². The fraction of sp³-hybridized carbons (Fsp3) is 0.929. The summed E-state index contributed by atoms with van der Waals surface area (Å²) in [6.07, 6.45) is 71.5. The number of carbonyl (C=O) groups is 3. The normalized spacial score (nSPS) is 12.7. The molecule has 0 aliphatic rings. The molecule has 0 aromatic heterocycles. The summed E-state index contributed by atoms with van der Waals surface area (Å²) < 4.78 is 22.8. The van der Waals surface area contributed by atoms with Crippen LogP contribution in [0.1, 0.15) is 361 Å². The number of likely N-dealkylation sites (N-methyl/N-ethyl adjacent to an activating group) is 1. The van der Waals surface area contributed by atoms with Crippen LogP contribution in [0, 0.1) is 0 Å². The summed E-state index contributed by atoms with van der Waals surface area (Å²) in [4.78, 5) is 37.5. The molecule has 0 aromatic rings. The van der Waals surface area contributed by atoms with Crippen molar-refractivity contribution in [2.45, 2.75) is 373 Å². The summed E-state index contributed by atoms with van der Waals surface area (Å²) >= 11 is 0. The third-order valence-electron chi connectivity index (χ3n) is 16.0. The van der Waals surface area contributed by atoms with Crippen molar-refractivity contribution in [3.63, 3.8) is 0 Å². The third kappa shape index (κ3) is 63.5. The lowest BCUT2D eigenvalue weighted by molar-refractivity contribution is -0.870. The Balaban J connectivity index is 4.07. The average molecular weight is 1120 g/mol. The van der Waals surface area contributed by atoms with E-state index in [4.69, 9.17) is 18.9 Å². The van der Waals surface area contributed by atoms with Crippen molar-refractivity contribution in [1.29, 1.82) is 0 Å². The molecule has 0 aromatic carbocycles. The molecule has 0 amide bonds. The van der Waals surface area contributed by atoms with Gasteiger partial charge < -0.3 is 33.3 Å². The molecule has 0 heterocycles. The quantitative estimate of drug-likeness (QED) is 0.0195. The average Bonchev–Trinajstić information content (AvgIpc) is 3.42. The molecule has 79 heavy (non-hydrogen) atoms. The van der Waals surface area contributed by atoms with Crippen LogP contribution in [0.4, 0.5) is 0 Å². The zero-order chi connectivity index (χ0) is 57.6. The highest BCUT2D eigenvalue weighted by Crippen LogP contribution is 2.19. The second-order valence-electron chi connectivity index (χ2n) is 25.2. The summed E-state index contributed by atoms with van der Waals surface area (Å²) in [5.74, 6) is -2.25. The van der Waals surface area contributed by atoms with Crippen molar-refractivity contribution in [3.8, 4) is 0 Å². The first-order valence-electron chi connectivity index (χ1n) is 34.8. The van der Waals surface area contributed by atoms with Crippen molar-refractivity contribution >= 4 is 17.9 Å². The topological polar surface area (TPSA) is 111 Å². The van der Waals surface area contributed by atoms with Crippen LogP contribution in [-0.4, -0.2) is 82.3 Å². The number of carbonyl (C=O) groups excluding carboxylic acids is 3. The number of carboxylic acid groups (broad SMARTS) is 1. The zero-order valence-corrected chi connectivity index (χ0v) is 53.5. The van der Waals surface area contributed by atoms with E-state index in [1.165, 1.54) is 295 Å². The fourth-order valence-electron chi connectivity index (χ4n) is 10.7. The molecule has 9 nitrogen and oxygen atoms in total. The number of hydrogen-bond acceptors (Lipinski definition) is 8. The van der Waals surface area contributed by atoms with Gasteiger partial charge in [-0.1, -0.05) is 321 Å². The minimum absolute atomic E-state index is 0.152. The van der Waals surface area contributed by atoms with Crippen molar-refractivity contribution in [3.05, 3.63) is 12.2 Å². The number of aliphatic carboxylic acids is 1. The lowest BCUT2D eigenvalue weighted by Gasteiger charge is -2.26. The molecule has 2 unspecified atom stereocenters. The standard InChI is InChI=1S/C70H135NO8/c1-6-8-10-12-14-16-18-20-22-24-26-28-30-32-34-36-38-40-42-44-46-48-50-52-54-56-58-60-67(72)77-64-66(65-78-70(69(74)75)76-63-62-71(3,4)5)79-68(73)61-59-57-55-53-51-49-47-45-43-41-39-37-35-33-31-29-27-25-23-21-19-17-15-13-11-9-7-2/h25,27,66,70H,6-24,26,28-65H2,1-5H3/b27-25-. The maximum absolute atomic E-state index is 12.9. The van der Waals surface area contributed by atoms with Gasteiger partial charge in [0.15, 0.2) is 12.4 Å². The first kappa shape index (κ1) is 77.0. The molecule has 0 aliphatic heterocycles. The Labute approximate surface area is 491 Å². The number of unbranched alkanes of at least 4 members (excludes halogenated alkanes) is 49. The van der Waals surface area contributed by atoms with Gasteiger partial charge in [0.1, 0.15) is 13.2 Å². The molecule has 468 valence electrons. The molecule has 0 bridgehead atoms. The molecule has 0 N–H and O–H groups in total. The molecule has 0 rings (SSSR count). The molecule has 0 saturated carbocycles. The largest absolute Gasteiger partial charge is 0.545 e. The Hall–Kier alpha value is -1.97. The van der Waals surface area contributed by atoms with E-state index in [1.54, 1.807) is 0 Å². The summed E-state index contributed by atoms with van der Waals surface area (Å²) in [5.41, 5.74) is 0. The SMILES string of the molecule is CCCCCCCCCC/C=C\CCCCCCCCCCCCCCCCCC(=O)OC(COC(=O)CCCCCCCCCCCCCCCCCCCCCCCCCCCCC)COC(OCC[N+](C)(C)C)C(=O)[O-]. The summed E-state index contributed by atoms with van der Waals surface area (Å²) in [6.45, 7) is 4.83. The molecule has 9 heteroatoms. The molecule has 0 radical (unpaired) electrons. The van der Waals surface area contributed by atoms with E-state index in [0.29, 0.717) is 17.4 Å². The van der Waals surface area contributed by atoms with E-state index in [-0.39, 0.29) is 32.2 Å². The number of quaternary nitrogens is 1. The fourth-order valence-corrected chi connectivity index (χ4v) is 10.7. The minimum Gasteiger partial charge on any atom is -0.545 e. The van der Waals surface area contributed by atoms with Crippen LogP contribution in [0.15, 0.2) is 12.2 Å². The van der Waals surface area contributed by atoms with Crippen LogP contribution in [-0.2, 0) is 33.3 Å². The van der Waals surface area contributed by atoms with E-state index in [1.807, 2.05) is 21.1 Å². The van der Waals surface area contributed by atoms with Crippen molar-refractivity contribution in [2.24, 2.45) is 0 Å². The first-order valence-corrected chi connectivity index (χ1v) is 34.8. The third-order valence-corrected chi connectivity index (χ3v) is 16.0. The Morgan fingerprint density at radius 2 is 0.646 bits per heavy atom. The lowest BCUT2D eigenvalue weighted by atomic mass is 10.0. The monoisotopic (exact) mass is 1120 g/mol. The van der Waals surface area contributed by atoms with E-state index in [0.717, 1.165) is 38.5 Å². The Bertz CT molecular complexity index is 1300. The van der Waals surface area contributed by atoms with Gasteiger partial charge in [-0.05, 0) is 38.5 Å². The van der Waals surface area contributed by atoms with E-state index in [9.17, 15) is 19.5 Å². The van der Waals surface area contributed by atoms with Gasteiger partial charge in [-0.15, -0.1) is 0 Å². The van der Waals surface area contributed by atoms with E-state index in [2.05, 4.69) is 26.0 Å². The van der Waals surface area contributed by atoms with Gasteiger partial charge in [0.2, 0.25) is 0 Å². The minimum atomic E-state index is -1.62. The van der Waals surface area contributed by atoms with Crippen LogP contribution in [0.25, 0.3) is 0 Å². The maximum atomic E-state index is 12.9. The number of rotatable bonds is 66. The number of ether oxygens (including phenoxy) is 4. The Morgan fingerprint density at radius 1 is 0.367 bits per heavy atom. The Morgan fingerprint density at radius 3 is 0.937 bits per heavy atom. The number of allylic oxidation sites excluding steroid dienone is 2. The van der Waals surface area contributed by atoms with Crippen LogP contribution in [0.5, 0.6) is 0 Å². The van der Waals surface area contributed by atoms with Crippen LogP contribution >= 0.6 is 0 Å². The molecule has 0 saturated heterocycles. The van der Waals surface area contributed by atoms with Crippen LogP contribution in [0.3, 0.4) is 0 Å². The van der Waals surface area contributed by atoms with Crippen LogP contribution in [0.2, 0.25) is 0 Å². The zero-order valence-electron chi connectivity index (χ0n) is 53.5. The van der Waals surface area contributed by atoms with Gasteiger partial charge in [-0.25, -0.2) is 0 Å². The highest BCUT2D eigenvalue weighted by molar-refractivity contribution is 5.70. The second-order valence-corrected chi connectivity index (χ2v) is 25.2. The van der Waals surface area contributed by atoms with E-state index < -0.39 is 24.3 Å². The lowest BCUT2D eigenvalue weighted by Crippen LogP contribution is -2.44. The van der Waals surface area contributed by atoms with Crippen LogP contribution < -0.4 is 5.11 Å². The highest BCUT2D eigenvalue weighted by atomic mass is 16.7. The van der Waals surface area contributed by atoms with Gasteiger partial charge >= 0.3 is 11.9 Å². The predicted molar refractivity (Wildman–Crippen MR) is 334 cm³/mol. The summed E-state index contributed by atoms with van der Waals surface area (Å²) in [6, 6.07) is 0. The number of nitrogens with zero attached hydrogens (tertiary/aromatic N) is 1. The first-order chi connectivity index (χ1) is 38.6. The molecule has 0 spiro atoms. The van der Waals surface area contributed by atoms with Gasteiger partial charge in [0.05, 0.1) is 40.3 Å². The van der Waals surface area contributed by atoms with Crippen molar-refractivity contribution in [1.82, 2.24) is 0 Å². The molecule has 0 aliphatic carbocycles.